The molecule has 1 aromatic rings. The molecule has 3 heteroatoms. The fraction of sp³-hybridized carbons (Fsp3) is 0.562. The summed E-state index contributed by atoms with van der Waals surface area (Å²) in [5, 5.41) is 12.7. The molecule has 1 aliphatic heterocycles. The number of nitrogens with zero attached hydrogens (tertiary/aromatic N) is 1. The summed E-state index contributed by atoms with van der Waals surface area (Å²) < 4.78 is 5.58. The van der Waals surface area contributed by atoms with Gasteiger partial charge in [-0.1, -0.05) is 24.3 Å². The molecule has 1 saturated carbocycles. The summed E-state index contributed by atoms with van der Waals surface area (Å²) in [5.74, 6) is 0.734. The van der Waals surface area contributed by atoms with Crippen molar-refractivity contribution in [1.82, 2.24) is 5.32 Å². The van der Waals surface area contributed by atoms with Gasteiger partial charge in [-0.2, -0.15) is 5.26 Å². The third-order valence-corrected chi connectivity index (χ3v) is 4.00. The fourth-order valence-electron chi connectivity index (χ4n) is 2.70. The Bertz CT molecular complexity index is 470. The number of benzene rings is 1. The number of nitriles is 1. The van der Waals surface area contributed by atoms with E-state index in [1.165, 1.54) is 18.4 Å². The molecule has 3 rings (SSSR count). The largest absolute Gasteiger partial charge is 0.377 e. The van der Waals surface area contributed by atoms with Gasteiger partial charge in [0.05, 0.1) is 12.2 Å². The SMILES string of the molecule is N#CC(NCC1CCCO1)c1cccc(C2CC2)c1. The van der Waals surface area contributed by atoms with Crippen LogP contribution < -0.4 is 5.32 Å². The summed E-state index contributed by atoms with van der Waals surface area (Å²) >= 11 is 0. The molecule has 0 bridgehead atoms. The van der Waals surface area contributed by atoms with Crippen LogP contribution in [0.3, 0.4) is 0 Å². The van der Waals surface area contributed by atoms with E-state index >= 15 is 0 Å². The van der Waals surface area contributed by atoms with E-state index < -0.39 is 0 Å². The van der Waals surface area contributed by atoms with Crippen LogP contribution in [0.2, 0.25) is 0 Å². The minimum Gasteiger partial charge on any atom is -0.377 e. The molecule has 19 heavy (non-hydrogen) atoms. The topological polar surface area (TPSA) is 45.0 Å². The van der Waals surface area contributed by atoms with Crippen molar-refractivity contribution < 1.29 is 4.74 Å². The fourth-order valence-corrected chi connectivity index (χ4v) is 2.70. The number of hydrogen-bond acceptors (Lipinski definition) is 3. The molecule has 0 amide bonds. The highest BCUT2D eigenvalue weighted by Crippen LogP contribution is 2.40. The Morgan fingerprint density at radius 1 is 1.37 bits per heavy atom. The molecule has 2 atom stereocenters. The second-order valence-electron chi connectivity index (χ2n) is 5.55. The Morgan fingerprint density at radius 3 is 2.95 bits per heavy atom. The Balaban J connectivity index is 1.63. The summed E-state index contributed by atoms with van der Waals surface area (Å²) in [5.41, 5.74) is 2.47. The molecule has 1 N–H and O–H groups in total. The highest BCUT2D eigenvalue weighted by molar-refractivity contribution is 5.33. The maximum atomic E-state index is 9.35. The number of hydrogen-bond donors (Lipinski definition) is 1. The van der Waals surface area contributed by atoms with Crippen LogP contribution in [0, 0.1) is 11.3 Å². The molecule has 0 spiro atoms. The van der Waals surface area contributed by atoms with E-state index in [0.29, 0.717) is 0 Å². The van der Waals surface area contributed by atoms with Gasteiger partial charge < -0.3 is 4.74 Å². The molecule has 1 heterocycles. The smallest absolute Gasteiger partial charge is 0.121 e. The number of ether oxygens (including phenoxy) is 1. The van der Waals surface area contributed by atoms with Crippen molar-refractivity contribution >= 4 is 0 Å². The maximum absolute atomic E-state index is 9.35. The molecule has 2 fully saturated rings. The molecule has 100 valence electrons. The lowest BCUT2D eigenvalue weighted by molar-refractivity contribution is 0.109. The van der Waals surface area contributed by atoms with Gasteiger partial charge in [-0.15, -0.1) is 0 Å². The minimum atomic E-state index is -0.220. The zero-order valence-corrected chi connectivity index (χ0v) is 11.1. The maximum Gasteiger partial charge on any atom is 0.121 e. The van der Waals surface area contributed by atoms with Crippen molar-refractivity contribution in [3.63, 3.8) is 0 Å². The predicted octanol–water partition coefficient (Wildman–Crippen LogP) is 2.90. The van der Waals surface area contributed by atoms with Crippen LogP contribution in [0.1, 0.15) is 48.8 Å². The molecule has 1 aromatic carbocycles. The van der Waals surface area contributed by atoms with E-state index in [1.54, 1.807) is 0 Å². The van der Waals surface area contributed by atoms with Crippen molar-refractivity contribution in [2.75, 3.05) is 13.2 Å². The van der Waals surface area contributed by atoms with E-state index in [1.807, 2.05) is 6.07 Å². The second kappa shape index (κ2) is 5.73. The summed E-state index contributed by atoms with van der Waals surface area (Å²) in [6.07, 6.45) is 5.12. The van der Waals surface area contributed by atoms with E-state index in [4.69, 9.17) is 4.74 Å². The summed E-state index contributed by atoms with van der Waals surface area (Å²) in [6, 6.07) is 10.6. The average Bonchev–Trinajstić information content (AvgIpc) is 3.18. The normalized spacial score (nSPS) is 24.1. The Kier molecular flexibility index (Phi) is 3.82. The molecule has 0 aromatic heterocycles. The highest BCUT2D eigenvalue weighted by atomic mass is 16.5. The lowest BCUT2D eigenvalue weighted by Crippen LogP contribution is -2.29. The molecule has 2 unspecified atom stereocenters. The van der Waals surface area contributed by atoms with Crippen LogP contribution in [-0.4, -0.2) is 19.3 Å². The van der Waals surface area contributed by atoms with Gasteiger partial charge in [0, 0.05) is 13.2 Å². The Hall–Kier alpha value is -1.37. The number of nitrogens with one attached hydrogen (secondary N) is 1. The van der Waals surface area contributed by atoms with Gasteiger partial charge in [-0.3, -0.25) is 5.32 Å². The highest BCUT2D eigenvalue weighted by Gasteiger charge is 2.24. The van der Waals surface area contributed by atoms with E-state index in [2.05, 4.69) is 29.6 Å². The Labute approximate surface area is 114 Å². The quantitative estimate of drug-likeness (QED) is 0.881. The summed E-state index contributed by atoms with van der Waals surface area (Å²) in [4.78, 5) is 0. The van der Waals surface area contributed by atoms with Gasteiger partial charge >= 0.3 is 0 Å². The Morgan fingerprint density at radius 2 is 2.26 bits per heavy atom. The average molecular weight is 256 g/mol. The first kappa shape index (κ1) is 12.7. The van der Waals surface area contributed by atoms with Crippen LogP contribution in [0.4, 0.5) is 0 Å². The lowest BCUT2D eigenvalue weighted by atomic mass is 10.0. The van der Waals surface area contributed by atoms with E-state index in [-0.39, 0.29) is 12.1 Å². The monoisotopic (exact) mass is 256 g/mol. The first-order valence-electron chi connectivity index (χ1n) is 7.21. The van der Waals surface area contributed by atoms with Crippen LogP contribution in [0.5, 0.6) is 0 Å². The third-order valence-electron chi connectivity index (χ3n) is 4.00. The first-order chi connectivity index (χ1) is 9.36. The zero-order valence-electron chi connectivity index (χ0n) is 11.1. The van der Waals surface area contributed by atoms with Crippen molar-refractivity contribution in [1.29, 1.82) is 5.26 Å². The minimum absolute atomic E-state index is 0.220. The van der Waals surface area contributed by atoms with Crippen molar-refractivity contribution in [2.45, 2.75) is 43.7 Å². The molecule has 1 saturated heterocycles. The standard InChI is InChI=1S/C16H20N2O/c17-10-16(18-11-15-5-2-8-19-15)14-4-1-3-13(9-14)12-6-7-12/h1,3-4,9,12,15-16,18H,2,5-8,11H2. The molecule has 3 nitrogen and oxygen atoms in total. The lowest BCUT2D eigenvalue weighted by Gasteiger charge is -2.16. The van der Waals surface area contributed by atoms with Crippen LogP contribution in [0.15, 0.2) is 24.3 Å². The molecule has 1 aliphatic carbocycles. The second-order valence-corrected chi connectivity index (χ2v) is 5.55. The van der Waals surface area contributed by atoms with Gasteiger partial charge in [-0.25, -0.2) is 0 Å². The molecular formula is C16H20N2O. The third kappa shape index (κ3) is 3.15. The van der Waals surface area contributed by atoms with Crippen molar-refractivity contribution in [3.05, 3.63) is 35.4 Å². The van der Waals surface area contributed by atoms with E-state index in [0.717, 1.165) is 37.5 Å². The van der Waals surface area contributed by atoms with Gasteiger partial charge in [0.15, 0.2) is 0 Å². The van der Waals surface area contributed by atoms with Gasteiger partial charge in [0.25, 0.3) is 0 Å². The summed E-state index contributed by atoms with van der Waals surface area (Å²) in [6.45, 7) is 1.63. The number of rotatable bonds is 5. The predicted molar refractivity (Wildman–Crippen MR) is 73.7 cm³/mol. The van der Waals surface area contributed by atoms with E-state index in [9.17, 15) is 5.26 Å². The van der Waals surface area contributed by atoms with Gasteiger partial charge in [0.2, 0.25) is 0 Å². The van der Waals surface area contributed by atoms with Crippen molar-refractivity contribution in [2.24, 2.45) is 0 Å². The summed E-state index contributed by atoms with van der Waals surface area (Å²) in [7, 11) is 0. The van der Waals surface area contributed by atoms with Crippen LogP contribution >= 0.6 is 0 Å². The van der Waals surface area contributed by atoms with Crippen molar-refractivity contribution in [3.8, 4) is 6.07 Å². The molecule has 0 radical (unpaired) electrons. The van der Waals surface area contributed by atoms with Gasteiger partial charge in [0.1, 0.15) is 6.04 Å². The molecule has 2 aliphatic rings. The van der Waals surface area contributed by atoms with Gasteiger partial charge in [-0.05, 0) is 42.7 Å². The first-order valence-corrected chi connectivity index (χ1v) is 7.21. The van der Waals surface area contributed by atoms with Crippen LogP contribution in [0.25, 0.3) is 0 Å². The zero-order chi connectivity index (χ0) is 13.1. The van der Waals surface area contributed by atoms with Crippen LogP contribution in [-0.2, 0) is 4.74 Å². The molecular weight excluding hydrogens is 236 g/mol.